The van der Waals surface area contributed by atoms with E-state index in [0.29, 0.717) is 25.2 Å². The number of hydrogen-bond acceptors (Lipinski definition) is 3. The van der Waals surface area contributed by atoms with Gasteiger partial charge in [-0.2, -0.15) is 0 Å². The van der Waals surface area contributed by atoms with Crippen molar-refractivity contribution >= 4 is 10.0 Å². The number of hydrogen-bond donors (Lipinski definition) is 1. The lowest BCUT2D eigenvalue weighted by Gasteiger charge is -2.35. The minimum atomic E-state index is -2.99. The first-order chi connectivity index (χ1) is 8.99. The fourth-order valence-corrected chi connectivity index (χ4v) is 4.30. The number of piperidine rings is 1. The van der Waals surface area contributed by atoms with E-state index in [9.17, 15) is 8.42 Å². The van der Waals surface area contributed by atoms with Crippen LogP contribution < -0.4 is 5.32 Å². The van der Waals surface area contributed by atoms with Crippen molar-refractivity contribution in [2.75, 3.05) is 19.3 Å². The van der Waals surface area contributed by atoms with Crippen LogP contribution in [0.15, 0.2) is 0 Å². The third-order valence-corrected chi connectivity index (χ3v) is 6.12. The highest BCUT2D eigenvalue weighted by molar-refractivity contribution is 7.88. The first-order valence-corrected chi connectivity index (χ1v) is 9.55. The lowest BCUT2D eigenvalue weighted by molar-refractivity contribution is 0.229. The van der Waals surface area contributed by atoms with Crippen LogP contribution in [0.4, 0.5) is 0 Å². The van der Waals surface area contributed by atoms with Crippen LogP contribution in [0.2, 0.25) is 0 Å². The van der Waals surface area contributed by atoms with Crippen LogP contribution in [0.5, 0.6) is 0 Å². The lowest BCUT2D eigenvalue weighted by atomic mass is 9.84. The van der Waals surface area contributed by atoms with Crippen LogP contribution in [0.1, 0.15) is 51.9 Å². The Balaban J connectivity index is 1.72. The van der Waals surface area contributed by atoms with Crippen molar-refractivity contribution in [1.82, 2.24) is 9.62 Å². The summed E-state index contributed by atoms with van der Waals surface area (Å²) in [5.74, 6) is 0.935. The van der Waals surface area contributed by atoms with Crippen molar-refractivity contribution < 1.29 is 8.42 Å². The molecule has 0 aromatic rings. The molecule has 1 N–H and O–H groups in total. The summed E-state index contributed by atoms with van der Waals surface area (Å²) in [6.45, 7) is 3.65. The Bertz CT molecular complexity index is 367. The summed E-state index contributed by atoms with van der Waals surface area (Å²) >= 11 is 0. The third-order valence-electron chi connectivity index (χ3n) is 4.82. The molecule has 0 spiro atoms. The topological polar surface area (TPSA) is 49.4 Å². The minimum Gasteiger partial charge on any atom is -0.311 e. The van der Waals surface area contributed by atoms with Gasteiger partial charge in [-0.15, -0.1) is 0 Å². The molecule has 2 aliphatic rings. The van der Waals surface area contributed by atoms with Crippen LogP contribution in [0.25, 0.3) is 0 Å². The third kappa shape index (κ3) is 4.43. The zero-order chi connectivity index (χ0) is 13.9. The van der Waals surface area contributed by atoms with Gasteiger partial charge in [-0.05, 0) is 44.4 Å². The van der Waals surface area contributed by atoms with E-state index < -0.39 is 10.0 Å². The molecule has 0 aromatic carbocycles. The highest BCUT2D eigenvalue weighted by atomic mass is 32.2. The maximum Gasteiger partial charge on any atom is 0.211 e. The highest BCUT2D eigenvalue weighted by Gasteiger charge is 2.27. The monoisotopic (exact) mass is 288 g/mol. The molecular formula is C14H28N2O2S. The summed E-state index contributed by atoms with van der Waals surface area (Å²) in [4.78, 5) is 0. The summed E-state index contributed by atoms with van der Waals surface area (Å²) in [6.07, 6.45) is 9.86. The van der Waals surface area contributed by atoms with Crippen LogP contribution >= 0.6 is 0 Å². The zero-order valence-corrected chi connectivity index (χ0v) is 13.1. The second kappa shape index (κ2) is 6.55. The van der Waals surface area contributed by atoms with E-state index in [-0.39, 0.29) is 0 Å². The summed E-state index contributed by atoms with van der Waals surface area (Å²) in [6, 6.07) is 1.18. The molecule has 5 heteroatoms. The molecule has 0 bridgehead atoms. The zero-order valence-electron chi connectivity index (χ0n) is 12.3. The SMILES string of the molecule is CCC1CCC(NC2CCN(S(C)(=O)=O)CC2)CC1. The van der Waals surface area contributed by atoms with E-state index in [1.807, 2.05) is 0 Å². The molecule has 1 aliphatic carbocycles. The van der Waals surface area contributed by atoms with E-state index in [4.69, 9.17) is 0 Å². The van der Waals surface area contributed by atoms with Crippen molar-refractivity contribution in [3.05, 3.63) is 0 Å². The molecule has 0 atom stereocenters. The molecule has 112 valence electrons. The lowest BCUT2D eigenvalue weighted by Crippen LogP contribution is -2.48. The molecule has 0 radical (unpaired) electrons. The van der Waals surface area contributed by atoms with Crippen molar-refractivity contribution in [3.63, 3.8) is 0 Å². The standard InChI is InChI=1S/C14H28N2O2S/c1-3-12-4-6-13(7-5-12)15-14-8-10-16(11-9-14)19(2,17)18/h12-15H,3-11H2,1-2H3. The fourth-order valence-electron chi connectivity index (χ4n) is 3.42. The quantitative estimate of drug-likeness (QED) is 0.860. The van der Waals surface area contributed by atoms with E-state index >= 15 is 0 Å². The van der Waals surface area contributed by atoms with Crippen LogP contribution in [-0.4, -0.2) is 44.2 Å². The van der Waals surface area contributed by atoms with E-state index in [0.717, 1.165) is 18.8 Å². The first-order valence-electron chi connectivity index (χ1n) is 7.70. The van der Waals surface area contributed by atoms with Crippen molar-refractivity contribution in [2.24, 2.45) is 5.92 Å². The molecular weight excluding hydrogens is 260 g/mol. The molecule has 4 nitrogen and oxygen atoms in total. The molecule has 0 unspecified atom stereocenters. The Morgan fingerprint density at radius 3 is 2.00 bits per heavy atom. The van der Waals surface area contributed by atoms with Crippen LogP contribution in [0.3, 0.4) is 0 Å². The van der Waals surface area contributed by atoms with Gasteiger partial charge in [0.1, 0.15) is 0 Å². The Hall–Kier alpha value is -0.130. The van der Waals surface area contributed by atoms with Gasteiger partial charge < -0.3 is 5.32 Å². The maximum absolute atomic E-state index is 11.5. The van der Waals surface area contributed by atoms with Crippen LogP contribution in [0, 0.1) is 5.92 Å². The second-order valence-corrected chi connectivity index (χ2v) is 8.21. The first kappa shape index (κ1) is 15.3. The van der Waals surface area contributed by atoms with Crippen molar-refractivity contribution in [3.8, 4) is 0 Å². The number of rotatable bonds is 4. The van der Waals surface area contributed by atoms with Gasteiger partial charge >= 0.3 is 0 Å². The molecule has 2 rings (SSSR count). The molecule has 19 heavy (non-hydrogen) atoms. The van der Waals surface area contributed by atoms with Gasteiger partial charge in [-0.25, -0.2) is 12.7 Å². The molecule has 1 saturated heterocycles. The molecule has 1 saturated carbocycles. The Morgan fingerprint density at radius 1 is 1.00 bits per heavy atom. The van der Waals surface area contributed by atoms with Gasteiger partial charge in [0.15, 0.2) is 0 Å². The number of nitrogens with one attached hydrogen (secondary N) is 1. The Kier molecular flexibility index (Phi) is 5.26. The van der Waals surface area contributed by atoms with Crippen LogP contribution in [-0.2, 0) is 10.0 Å². The second-order valence-electron chi connectivity index (χ2n) is 6.23. The number of sulfonamides is 1. The van der Waals surface area contributed by atoms with Crippen molar-refractivity contribution in [1.29, 1.82) is 0 Å². The van der Waals surface area contributed by atoms with Gasteiger partial charge in [0.05, 0.1) is 6.26 Å². The summed E-state index contributed by atoms with van der Waals surface area (Å²) in [5, 5.41) is 3.75. The average molecular weight is 288 g/mol. The number of nitrogens with zero attached hydrogens (tertiary/aromatic N) is 1. The molecule has 0 aromatic heterocycles. The summed E-state index contributed by atoms with van der Waals surface area (Å²) in [5.41, 5.74) is 0. The molecule has 1 heterocycles. The minimum absolute atomic E-state index is 0.515. The summed E-state index contributed by atoms with van der Waals surface area (Å²) in [7, 11) is -2.99. The van der Waals surface area contributed by atoms with E-state index in [1.165, 1.54) is 38.4 Å². The Labute approximate surface area is 118 Å². The predicted molar refractivity (Wildman–Crippen MR) is 78.6 cm³/mol. The summed E-state index contributed by atoms with van der Waals surface area (Å²) < 4.78 is 24.5. The molecule has 1 aliphatic heterocycles. The maximum atomic E-state index is 11.5. The van der Waals surface area contributed by atoms with Gasteiger partial charge in [0.25, 0.3) is 0 Å². The average Bonchev–Trinajstić information content (AvgIpc) is 2.39. The van der Waals surface area contributed by atoms with Gasteiger partial charge in [-0.3, -0.25) is 0 Å². The van der Waals surface area contributed by atoms with Gasteiger partial charge in [0, 0.05) is 25.2 Å². The van der Waals surface area contributed by atoms with E-state index in [1.54, 1.807) is 4.31 Å². The Morgan fingerprint density at radius 2 is 1.53 bits per heavy atom. The fraction of sp³-hybridized carbons (Fsp3) is 1.00. The van der Waals surface area contributed by atoms with Gasteiger partial charge in [-0.1, -0.05) is 13.3 Å². The largest absolute Gasteiger partial charge is 0.311 e. The highest BCUT2D eigenvalue weighted by Crippen LogP contribution is 2.27. The van der Waals surface area contributed by atoms with Crippen molar-refractivity contribution in [2.45, 2.75) is 64.0 Å². The van der Waals surface area contributed by atoms with E-state index in [2.05, 4.69) is 12.2 Å². The molecule has 0 amide bonds. The van der Waals surface area contributed by atoms with Gasteiger partial charge in [0.2, 0.25) is 10.0 Å². The smallest absolute Gasteiger partial charge is 0.211 e. The predicted octanol–water partition coefficient (Wildman–Crippen LogP) is 1.97. The molecule has 2 fully saturated rings. The normalized spacial score (nSPS) is 31.5.